The summed E-state index contributed by atoms with van der Waals surface area (Å²) in [7, 11) is 0. The topological polar surface area (TPSA) is 12.9 Å². The Kier molecular flexibility index (Phi) is 8.15. The fraction of sp³-hybridized carbons (Fsp3) is 0. The van der Waals surface area contributed by atoms with Gasteiger partial charge in [0.15, 0.2) is 0 Å². The van der Waals surface area contributed by atoms with Crippen molar-refractivity contribution in [2.75, 3.05) is 0 Å². The van der Waals surface area contributed by atoms with E-state index in [9.17, 15) is 0 Å². The van der Waals surface area contributed by atoms with Crippen LogP contribution in [0.5, 0.6) is 0 Å². The first-order valence-electron chi connectivity index (χ1n) is 1.98. The van der Waals surface area contributed by atoms with E-state index in [1.807, 2.05) is 12.1 Å². The van der Waals surface area contributed by atoms with Gasteiger partial charge in [-0.3, -0.25) is 4.98 Å². The highest BCUT2D eigenvalue weighted by Crippen LogP contribution is 1.98. The van der Waals surface area contributed by atoms with Crippen molar-refractivity contribution in [3.8, 4) is 0 Å². The van der Waals surface area contributed by atoms with E-state index in [-0.39, 0.29) is 24.8 Å². The third kappa shape index (κ3) is 4.58. The van der Waals surface area contributed by atoms with Gasteiger partial charge >= 0.3 is 0 Å². The van der Waals surface area contributed by atoms with Gasteiger partial charge in [0.2, 0.25) is 0 Å². The van der Waals surface area contributed by atoms with E-state index >= 15 is 0 Å². The number of nitrogens with zero attached hydrogens (tertiary/aromatic N) is 1. The number of halogens is 2. The zero-order chi connectivity index (χ0) is 5.11. The van der Waals surface area contributed by atoms with Crippen LogP contribution in [0.15, 0.2) is 29.4 Å². The molecule has 0 amide bonds. The highest BCUT2D eigenvalue weighted by atomic mass is 35.5. The standard InChI is InChI=1S/C5H5NS.2ClH/c7-5-2-1-3-6-4-5;;/h1-4,7H;2*1H. The van der Waals surface area contributed by atoms with Gasteiger partial charge in [0.05, 0.1) is 0 Å². The highest BCUT2D eigenvalue weighted by molar-refractivity contribution is 7.80. The van der Waals surface area contributed by atoms with Crippen LogP contribution in [-0.2, 0) is 0 Å². The molecule has 1 rings (SSSR count). The van der Waals surface area contributed by atoms with E-state index < -0.39 is 0 Å². The average Bonchev–Trinajstić information content (AvgIpc) is 1.69. The molecule has 0 saturated carbocycles. The van der Waals surface area contributed by atoms with Gasteiger partial charge in [-0.15, -0.1) is 37.4 Å². The molecule has 0 aliphatic rings. The van der Waals surface area contributed by atoms with Crippen LogP contribution in [-0.4, -0.2) is 4.98 Å². The molecule has 0 aromatic carbocycles. The maximum absolute atomic E-state index is 4.02. The predicted octanol–water partition coefficient (Wildman–Crippen LogP) is 2.21. The molecule has 0 unspecified atom stereocenters. The van der Waals surface area contributed by atoms with Crippen molar-refractivity contribution in [3.63, 3.8) is 0 Å². The third-order valence-electron chi connectivity index (χ3n) is 0.646. The lowest BCUT2D eigenvalue weighted by molar-refractivity contribution is 1.24. The molecule has 0 spiro atoms. The molecular formula is C5H7Cl2NS. The summed E-state index contributed by atoms with van der Waals surface area (Å²) < 4.78 is 0. The molecule has 0 N–H and O–H groups in total. The molecule has 1 aromatic rings. The van der Waals surface area contributed by atoms with Crippen LogP contribution in [0.3, 0.4) is 0 Å². The minimum Gasteiger partial charge on any atom is -0.264 e. The van der Waals surface area contributed by atoms with Gasteiger partial charge in [0.1, 0.15) is 0 Å². The van der Waals surface area contributed by atoms with Crippen LogP contribution in [0.2, 0.25) is 0 Å². The second-order valence-electron chi connectivity index (χ2n) is 1.21. The second-order valence-corrected chi connectivity index (χ2v) is 1.73. The lowest BCUT2D eigenvalue weighted by Crippen LogP contribution is -1.65. The van der Waals surface area contributed by atoms with Crippen LogP contribution in [0.1, 0.15) is 0 Å². The normalized spacial score (nSPS) is 6.78. The van der Waals surface area contributed by atoms with Gasteiger partial charge in [0.25, 0.3) is 0 Å². The van der Waals surface area contributed by atoms with Crippen LogP contribution >= 0.6 is 37.4 Å². The molecule has 0 radical (unpaired) electrons. The van der Waals surface area contributed by atoms with Gasteiger partial charge in [-0.1, -0.05) is 0 Å². The monoisotopic (exact) mass is 183 g/mol. The summed E-state index contributed by atoms with van der Waals surface area (Å²) in [5.74, 6) is 0. The largest absolute Gasteiger partial charge is 0.264 e. The fourth-order valence-corrected chi connectivity index (χ4v) is 0.506. The van der Waals surface area contributed by atoms with E-state index in [0.717, 1.165) is 4.90 Å². The van der Waals surface area contributed by atoms with E-state index in [1.165, 1.54) is 0 Å². The Morgan fingerprint density at radius 3 is 2.22 bits per heavy atom. The van der Waals surface area contributed by atoms with E-state index in [0.29, 0.717) is 0 Å². The summed E-state index contributed by atoms with van der Waals surface area (Å²) in [5, 5.41) is 0. The van der Waals surface area contributed by atoms with Crippen molar-refractivity contribution in [2.45, 2.75) is 4.90 Å². The number of rotatable bonds is 0. The summed E-state index contributed by atoms with van der Waals surface area (Å²) in [5.41, 5.74) is 0. The first-order valence-corrected chi connectivity index (χ1v) is 2.43. The van der Waals surface area contributed by atoms with E-state index in [4.69, 9.17) is 0 Å². The zero-order valence-corrected chi connectivity index (χ0v) is 7.05. The van der Waals surface area contributed by atoms with E-state index in [1.54, 1.807) is 12.4 Å². The Morgan fingerprint density at radius 2 is 2.00 bits per heavy atom. The lowest BCUT2D eigenvalue weighted by atomic mass is 10.5. The number of thiol groups is 1. The van der Waals surface area contributed by atoms with Crippen molar-refractivity contribution in [1.29, 1.82) is 0 Å². The van der Waals surface area contributed by atoms with Gasteiger partial charge < -0.3 is 0 Å². The average molecular weight is 184 g/mol. The third-order valence-corrected chi connectivity index (χ3v) is 0.910. The lowest BCUT2D eigenvalue weighted by Gasteiger charge is -1.81. The smallest absolute Gasteiger partial charge is 0.0401 e. The molecule has 0 aliphatic heterocycles. The van der Waals surface area contributed by atoms with E-state index in [2.05, 4.69) is 17.6 Å². The minimum atomic E-state index is 0. The van der Waals surface area contributed by atoms with Crippen LogP contribution in [0.4, 0.5) is 0 Å². The minimum absolute atomic E-state index is 0. The Bertz CT molecular complexity index is 145. The number of aromatic nitrogens is 1. The quantitative estimate of drug-likeness (QED) is 0.610. The Morgan fingerprint density at radius 1 is 1.33 bits per heavy atom. The molecule has 1 nitrogen and oxygen atoms in total. The van der Waals surface area contributed by atoms with Crippen LogP contribution in [0.25, 0.3) is 0 Å². The molecule has 1 aromatic heterocycles. The molecule has 0 fully saturated rings. The Hall–Kier alpha value is 0.0800. The number of pyridine rings is 1. The van der Waals surface area contributed by atoms with Crippen molar-refractivity contribution >= 4 is 37.4 Å². The molecule has 0 bridgehead atoms. The summed E-state index contributed by atoms with van der Waals surface area (Å²) in [6.07, 6.45) is 3.42. The molecule has 4 heteroatoms. The van der Waals surface area contributed by atoms with Crippen LogP contribution in [0, 0.1) is 0 Å². The van der Waals surface area contributed by atoms with Crippen molar-refractivity contribution in [3.05, 3.63) is 24.5 Å². The number of hydrogen-bond acceptors (Lipinski definition) is 2. The SMILES string of the molecule is Cl.Cl.Sc1cccnc1. The van der Waals surface area contributed by atoms with Crippen molar-refractivity contribution in [2.24, 2.45) is 0 Å². The molecule has 0 saturated heterocycles. The first kappa shape index (κ1) is 11.8. The fourth-order valence-electron chi connectivity index (χ4n) is 0.354. The molecule has 9 heavy (non-hydrogen) atoms. The number of hydrogen-bond donors (Lipinski definition) is 1. The van der Waals surface area contributed by atoms with Gasteiger partial charge in [-0.25, -0.2) is 0 Å². The maximum Gasteiger partial charge on any atom is 0.0401 e. The second kappa shape index (κ2) is 6.20. The summed E-state index contributed by atoms with van der Waals surface area (Å²) in [6.45, 7) is 0. The summed E-state index contributed by atoms with van der Waals surface area (Å²) >= 11 is 4.02. The molecular weight excluding hydrogens is 177 g/mol. The molecule has 1 heterocycles. The highest BCUT2D eigenvalue weighted by Gasteiger charge is 1.74. The van der Waals surface area contributed by atoms with Crippen LogP contribution < -0.4 is 0 Å². The molecule has 0 aliphatic carbocycles. The van der Waals surface area contributed by atoms with Gasteiger partial charge in [-0.2, -0.15) is 0 Å². The summed E-state index contributed by atoms with van der Waals surface area (Å²) in [4.78, 5) is 4.71. The molecule has 52 valence electrons. The van der Waals surface area contributed by atoms with Crippen molar-refractivity contribution in [1.82, 2.24) is 4.98 Å². The predicted molar refractivity (Wildman–Crippen MR) is 46.0 cm³/mol. The summed E-state index contributed by atoms with van der Waals surface area (Å²) in [6, 6.07) is 3.73. The first-order chi connectivity index (χ1) is 3.39. The van der Waals surface area contributed by atoms with Crippen molar-refractivity contribution < 1.29 is 0 Å². The Balaban J connectivity index is 0. The van der Waals surface area contributed by atoms with Gasteiger partial charge in [0, 0.05) is 17.3 Å². The molecule has 0 atom stereocenters. The maximum atomic E-state index is 4.02. The zero-order valence-electron chi connectivity index (χ0n) is 4.52. The van der Waals surface area contributed by atoms with Gasteiger partial charge in [-0.05, 0) is 12.1 Å². The Labute approximate surface area is 72.1 Å².